The minimum atomic E-state index is 0.516. The first-order valence-corrected chi connectivity index (χ1v) is 7.61. The Hall–Kier alpha value is -0.520. The van der Waals surface area contributed by atoms with E-state index in [1.807, 2.05) is 6.92 Å². The molecule has 0 aliphatic carbocycles. The van der Waals surface area contributed by atoms with E-state index in [1.165, 1.54) is 44.9 Å². The second kappa shape index (κ2) is 10.4. The van der Waals surface area contributed by atoms with Crippen molar-refractivity contribution in [1.29, 1.82) is 0 Å². The minimum absolute atomic E-state index is 0.516. The molecule has 104 valence electrons. The zero-order valence-corrected chi connectivity index (χ0v) is 12.1. The van der Waals surface area contributed by atoms with Crippen LogP contribution in [0.15, 0.2) is 0 Å². The van der Waals surface area contributed by atoms with Crippen molar-refractivity contribution in [2.45, 2.75) is 77.4 Å². The Morgan fingerprint density at radius 1 is 1.33 bits per heavy atom. The van der Waals surface area contributed by atoms with Gasteiger partial charge in [0.25, 0.3) is 0 Å². The third-order valence-corrected chi connectivity index (χ3v) is 3.59. The molecule has 2 heteroatoms. The molecule has 1 fully saturated rings. The van der Waals surface area contributed by atoms with Crippen LogP contribution in [0.4, 0.5) is 0 Å². The molecule has 1 aliphatic heterocycles. The van der Waals surface area contributed by atoms with Crippen molar-refractivity contribution in [3.63, 3.8) is 0 Å². The van der Waals surface area contributed by atoms with E-state index in [9.17, 15) is 0 Å². The summed E-state index contributed by atoms with van der Waals surface area (Å²) in [6.07, 6.45) is 10.2. The molecule has 2 atom stereocenters. The Labute approximate surface area is 113 Å². The molecule has 0 amide bonds. The molecule has 1 aliphatic rings. The van der Waals surface area contributed by atoms with Crippen LogP contribution in [0.5, 0.6) is 0 Å². The van der Waals surface area contributed by atoms with Gasteiger partial charge in [-0.25, -0.2) is 0 Å². The van der Waals surface area contributed by atoms with E-state index in [4.69, 9.17) is 4.74 Å². The highest BCUT2D eigenvalue weighted by Crippen LogP contribution is 2.18. The van der Waals surface area contributed by atoms with Gasteiger partial charge < -0.3 is 10.1 Å². The minimum Gasteiger partial charge on any atom is -0.378 e. The van der Waals surface area contributed by atoms with E-state index in [-0.39, 0.29) is 0 Å². The average molecular weight is 251 g/mol. The van der Waals surface area contributed by atoms with Crippen molar-refractivity contribution in [2.75, 3.05) is 13.2 Å². The molecular formula is C16H29NO. The highest BCUT2D eigenvalue weighted by molar-refractivity contribution is 4.95. The average Bonchev–Trinajstić information content (AvgIpc) is 2.42. The summed E-state index contributed by atoms with van der Waals surface area (Å²) in [6.45, 7) is 6.24. The first kappa shape index (κ1) is 15.5. The lowest BCUT2D eigenvalue weighted by molar-refractivity contribution is 0.00847. The molecule has 0 aromatic heterocycles. The number of hydrogen-bond donors (Lipinski definition) is 1. The Morgan fingerprint density at radius 2 is 2.22 bits per heavy atom. The van der Waals surface area contributed by atoms with Crippen LogP contribution in [-0.2, 0) is 4.74 Å². The second-order valence-electron chi connectivity index (χ2n) is 5.18. The zero-order valence-electron chi connectivity index (χ0n) is 12.1. The second-order valence-corrected chi connectivity index (χ2v) is 5.18. The quantitative estimate of drug-likeness (QED) is 0.667. The summed E-state index contributed by atoms with van der Waals surface area (Å²) >= 11 is 0. The van der Waals surface area contributed by atoms with E-state index in [2.05, 4.69) is 24.1 Å². The molecule has 0 saturated carbocycles. The molecule has 0 bridgehead atoms. The standard InChI is InChI=1S/C16H29NO/c1-3-5-6-9-15(17-13-4-2)11-12-16-10-7-8-14-18-16/h15-17H,4,6-14H2,1-2H3. The summed E-state index contributed by atoms with van der Waals surface area (Å²) in [5.41, 5.74) is 0. The van der Waals surface area contributed by atoms with Gasteiger partial charge >= 0.3 is 0 Å². The lowest BCUT2D eigenvalue weighted by atomic mass is 9.99. The Balaban J connectivity index is 2.21. The summed E-state index contributed by atoms with van der Waals surface area (Å²) in [6, 6.07) is 0.622. The predicted octanol–water partition coefficient (Wildman–Crippen LogP) is 3.51. The lowest BCUT2D eigenvalue weighted by Crippen LogP contribution is -2.31. The van der Waals surface area contributed by atoms with Gasteiger partial charge in [-0.3, -0.25) is 0 Å². The van der Waals surface area contributed by atoms with Crippen LogP contribution >= 0.6 is 0 Å². The van der Waals surface area contributed by atoms with Crippen LogP contribution in [0.1, 0.15) is 65.2 Å². The fraction of sp³-hybridized carbons (Fsp3) is 0.875. The fourth-order valence-corrected chi connectivity index (χ4v) is 2.49. The smallest absolute Gasteiger partial charge is 0.0575 e. The normalized spacial score (nSPS) is 21.1. The molecular weight excluding hydrogens is 222 g/mol. The number of ether oxygens (including phenoxy) is 1. The first-order valence-electron chi connectivity index (χ1n) is 7.61. The summed E-state index contributed by atoms with van der Waals surface area (Å²) < 4.78 is 5.80. The lowest BCUT2D eigenvalue weighted by Gasteiger charge is -2.25. The topological polar surface area (TPSA) is 21.3 Å². The molecule has 1 rings (SSSR count). The monoisotopic (exact) mass is 251 g/mol. The number of rotatable bonds is 8. The highest BCUT2D eigenvalue weighted by atomic mass is 16.5. The fourth-order valence-electron chi connectivity index (χ4n) is 2.49. The molecule has 0 radical (unpaired) electrons. The van der Waals surface area contributed by atoms with Crippen LogP contribution < -0.4 is 5.32 Å². The third-order valence-electron chi connectivity index (χ3n) is 3.59. The van der Waals surface area contributed by atoms with Crippen LogP contribution in [0, 0.1) is 11.8 Å². The van der Waals surface area contributed by atoms with Crippen molar-refractivity contribution in [3.8, 4) is 11.8 Å². The van der Waals surface area contributed by atoms with Gasteiger partial charge in [0.1, 0.15) is 0 Å². The van der Waals surface area contributed by atoms with Gasteiger partial charge in [-0.05, 0) is 58.4 Å². The summed E-state index contributed by atoms with van der Waals surface area (Å²) in [4.78, 5) is 0. The highest BCUT2D eigenvalue weighted by Gasteiger charge is 2.16. The first-order chi connectivity index (χ1) is 8.86. The van der Waals surface area contributed by atoms with Gasteiger partial charge in [0.05, 0.1) is 6.10 Å². The Bertz CT molecular complexity index is 248. The summed E-state index contributed by atoms with van der Waals surface area (Å²) in [7, 11) is 0. The van der Waals surface area contributed by atoms with E-state index in [0.717, 1.165) is 19.6 Å². The number of nitrogens with one attached hydrogen (secondary N) is 1. The Kier molecular flexibility index (Phi) is 8.98. The molecule has 1 heterocycles. The Morgan fingerprint density at radius 3 is 2.89 bits per heavy atom. The van der Waals surface area contributed by atoms with Gasteiger partial charge in [0, 0.05) is 19.1 Å². The van der Waals surface area contributed by atoms with Crippen molar-refractivity contribution in [2.24, 2.45) is 0 Å². The maximum atomic E-state index is 5.80. The van der Waals surface area contributed by atoms with Gasteiger partial charge in [0.15, 0.2) is 0 Å². The van der Waals surface area contributed by atoms with E-state index in [1.54, 1.807) is 0 Å². The summed E-state index contributed by atoms with van der Waals surface area (Å²) in [5.74, 6) is 6.15. The molecule has 0 aromatic rings. The van der Waals surface area contributed by atoms with E-state index in [0.29, 0.717) is 12.1 Å². The van der Waals surface area contributed by atoms with Gasteiger partial charge in [-0.1, -0.05) is 6.92 Å². The largest absolute Gasteiger partial charge is 0.378 e. The van der Waals surface area contributed by atoms with Crippen molar-refractivity contribution >= 4 is 0 Å². The van der Waals surface area contributed by atoms with Crippen LogP contribution in [-0.4, -0.2) is 25.3 Å². The molecule has 0 spiro atoms. The maximum Gasteiger partial charge on any atom is 0.0575 e. The van der Waals surface area contributed by atoms with Crippen LogP contribution in [0.25, 0.3) is 0 Å². The predicted molar refractivity (Wildman–Crippen MR) is 77.6 cm³/mol. The molecule has 1 N–H and O–H groups in total. The van der Waals surface area contributed by atoms with Gasteiger partial charge in [-0.2, -0.15) is 0 Å². The SMILES string of the molecule is CC#CCCC(CCC1CCCCO1)NCCC. The van der Waals surface area contributed by atoms with Gasteiger partial charge in [0.2, 0.25) is 0 Å². The van der Waals surface area contributed by atoms with E-state index >= 15 is 0 Å². The molecule has 18 heavy (non-hydrogen) atoms. The van der Waals surface area contributed by atoms with Crippen LogP contribution in [0.2, 0.25) is 0 Å². The molecule has 2 unspecified atom stereocenters. The van der Waals surface area contributed by atoms with Crippen molar-refractivity contribution in [1.82, 2.24) is 5.32 Å². The molecule has 0 aromatic carbocycles. The van der Waals surface area contributed by atoms with Gasteiger partial charge in [-0.15, -0.1) is 11.8 Å². The summed E-state index contributed by atoms with van der Waals surface area (Å²) in [5, 5.41) is 3.64. The molecule has 2 nitrogen and oxygen atoms in total. The maximum absolute atomic E-state index is 5.80. The zero-order chi connectivity index (χ0) is 13.1. The van der Waals surface area contributed by atoms with Crippen molar-refractivity contribution in [3.05, 3.63) is 0 Å². The third kappa shape index (κ3) is 7.03. The van der Waals surface area contributed by atoms with Crippen molar-refractivity contribution < 1.29 is 4.74 Å². The number of hydrogen-bond acceptors (Lipinski definition) is 2. The van der Waals surface area contributed by atoms with E-state index < -0.39 is 0 Å². The molecule has 1 saturated heterocycles. The van der Waals surface area contributed by atoms with Crippen LogP contribution in [0.3, 0.4) is 0 Å².